The second-order valence-corrected chi connectivity index (χ2v) is 5.35. The number of benzene rings is 1. The van der Waals surface area contributed by atoms with Crippen molar-refractivity contribution in [2.75, 3.05) is 27.2 Å². The van der Waals surface area contributed by atoms with Crippen LogP contribution >= 0.6 is 0 Å². The van der Waals surface area contributed by atoms with Gasteiger partial charge in [0.2, 0.25) is 0 Å². The van der Waals surface area contributed by atoms with Crippen LogP contribution < -0.4 is 10.1 Å². The van der Waals surface area contributed by atoms with Gasteiger partial charge in [0.05, 0.1) is 0 Å². The highest BCUT2D eigenvalue weighted by molar-refractivity contribution is 5.77. The van der Waals surface area contributed by atoms with Gasteiger partial charge in [0.1, 0.15) is 11.6 Å². The predicted octanol–water partition coefficient (Wildman–Crippen LogP) is 2.04. The summed E-state index contributed by atoms with van der Waals surface area (Å²) in [4.78, 5) is 13.0. The maximum absolute atomic E-state index is 13.3. The van der Waals surface area contributed by atoms with Gasteiger partial charge >= 0.3 is 0 Å². The van der Waals surface area contributed by atoms with E-state index in [0.29, 0.717) is 18.2 Å². The van der Waals surface area contributed by atoms with Crippen LogP contribution in [0.4, 0.5) is 4.39 Å². The summed E-state index contributed by atoms with van der Waals surface area (Å²) < 4.78 is 18.8. The molecule has 1 N–H and O–H groups in total. The van der Waals surface area contributed by atoms with Crippen molar-refractivity contribution in [3.63, 3.8) is 0 Å². The van der Waals surface area contributed by atoms with Gasteiger partial charge in [-0.2, -0.15) is 0 Å². The van der Waals surface area contributed by atoms with Crippen molar-refractivity contribution in [1.29, 1.82) is 0 Å². The molecule has 0 atom stereocenters. The summed E-state index contributed by atoms with van der Waals surface area (Å²) in [6, 6.07) is 4.33. The van der Waals surface area contributed by atoms with Crippen LogP contribution in [0.2, 0.25) is 0 Å². The quantitative estimate of drug-likeness (QED) is 0.832. The third-order valence-electron chi connectivity index (χ3n) is 2.74. The Kier molecular flexibility index (Phi) is 6.45. The summed E-state index contributed by atoms with van der Waals surface area (Å²) in [5.74, 6) is 0.620. The Bertz CT molecular complexity index is 447. The monoisotopic (exact) mass is 282 g/mol. The maximum Gasteiger partial charge on any atom is 0.259 e. The van der Waals surface area contributed by atoms with Crippen molar-refractivity contribution in [3.8, 4) is 5.75 Å². The zero-order valence-corrected chi connectivity index (χ0v) is 12.6. The highest BCUT2D eigenvalue weighted by Crippen LogP contribution is 2.19. The molecule has 0 aliphatic carbocycles. The number of hydrogen-bond donors (Lipinski definition) is 1. The van der Waals surface area contributed by atoms with Crippen LogP contribution in [-0.4, -0.2) is 38.1 Å². The van der Waals surface area contributed by atoms with E-state index < -0.39 is 0 Å². The molecule has 0 aliphatic heterocycles. The molecule has 1 aromatic rings. The van der Waals surface area contributed by atoms with Crippen molar-refractivity contribution in [2.24, 2.45) is 5.92 Å². The van der Waals surface area contributed by atoms with Crippen molar-refractivity contribution in [3.05, 3.63) is 29.6 Å². The standard InChI is InChI=1S/C15H23FN2O2/c1-11(2)8-17-9-12-7-13(16)5-6-14(12)20-10-15(19)18(3)4/h5-7,11,17H,8-10H2,1-4H3. The van der Waals surface area contributed by atoms with Gasteiger partial charge in [-0.1, -0.05) is 13.8 Å². The predicted molar refractivity (Wildman–Crippen MR) is 77.1 cm³/mol. The average Bonchev–Trinajstić information content (AvgIpc) is 2.36. The largest absolute Gasteiger partial charge is 0.483 e. The molecule has 0 bridgehead atoms. The average molecular weight is 282 g/mol. The topological polar surface area (TPSA) is 41.6 Å². The Balaban J connectivity index is 2.67. The molecule has 4 nitrogen and oxygen atoms in total. The molecule has 0 aromatic heterocycles. The van der Waals surface area contributed by atoms with Gasteiger partial charge in [0, 0.05) is 26.2 Å². The van der Waals surface area contributed by atoms with E-state index in [9.17, 15) is 9.18 Å². The third kappa shape index (κ3) is 5.57. The summed E-state index contributed by atoms with van der Waals surface area (Å²) in [7, 11) is 3.34. The molecule has 112 valence electrons. The van der Waals surface area contributed by atoms with Crippen molar-refractivity contribution in [1.82, 2.24) is 10.2 Å². The molecular weight excluding hydrogens is 259 g/mol. The van der Waals surface area contributed by atoms with Gasteiger partial charge in [0.15, 0.2) is 6.61 Å². The fourth-order valence-corrected chi connectivity index (χ4v) is 1.59. The van der Waals surface area contributed by atoms with Gasteiger partial charge in [0.25, 0.3) is 5.91 Å². The van der Waals surface area contributed by atoms with Crippen molar-refractivity contribution in [2.45, 2.75) is 20.4 Å². The number of rotatable bonds is 7. The van der Waals surface area contributed by atoms with Crippen LogP contribution in [0.1, 0.15) is 19.4 Å². The Hall–Kier alpha value is -1.62. The summed E-state index contributed by atoms with van der Waals surface area (Å²) in [5, 5.41) is 3.24. The van der Waals surface area contributed by atoms with Crippen LogP contribution in [0.5, 0.6) is 5.75 Å². The van der Waals surface area contributed by atoms with Crippen LogP contribution in [-0.2, 0) is 11.3 Å². The summed E-state index contributed by atoms with van der Waals surface area (Å²) in [6.07, 6.45) is 0. The first kappa shape index (κ1) is 16.4. The zero-order valence-electron chi connectivity index (χ0n) is 12.6. The van der Waals surface area contributed by atoms with E-state index in [0.717, 1.165) is 12.1 Å². The van der Waals surface area contributed by atoms with Crippen molar-refractivity contribution < 1.29 is 13.9 Å². The number of nitrogens with one attached hydrogen (secondary N) is 1. The van der Waals surface area contributed by atoms with Gasteiger partial charge in [-0.05, 0) is 30.7 Å². The molecular formula is C15H23FN2O2. The highest BCUT2D eigenvalue weighted by atomic mass is 19.1. The lowest BCUT2D eigenvalue weighted by atomic mass is 10.1. The molecule has 1 rings (SSSR count). The number of carbonyl (C=O) groups is 1. The minimum atomic E-state index is -0.308. The second kappa shape index (κ2) is 7.85. The molecule has 1 amide bonds. The van der Waals surface area contributed by atoms with E-state index in [1.165, 1.54) is 17.0 Å². The smallest absolute Gasteiger partial charge is 0.259 e. The van der Waals surface area contributed by atoms with Crippen molar-refractivity contribution >= 4 is 5.91 Å². The minimum Gasteiger partial charge on any atom is -0.483 e. The molecule has 5 heteroatoms. The number of likely N-dealkylation sites (N-methyl/N-ethyl adjacent to an activating group) is 1. The molecule has 0 spiro atoms. The summed E-state index contributed by atoms with van der Waals surface area (Å²) in [5.41, 5.74) is 0.720. The van der Waals surface area contributed by atoms with Gasteiger partial charge < -0.3 is 15.0 Å². The lowest BCUT2D eigenvalue weighted by molar-refractivity contribution is -0.130. The first-order valence-electron chi connectivity index (χ1n) is 6.72. The van der Waals surface area contributed by atoms with E-state index in [1.807, 2.05) is 0 Å². The normalized spacial score (nSPS) is 10.7. The Morgan fingerprint density at radius 1 is 1.40 bits per heavy atom. The van der Waals surface area contributed by atoms with Crippen LogP contribution in [0.25, 0.3) is 0 Å². The van der Waals surface area contributed by atoms with Gasteiger partial charge in [-0.15, -0.1) is 0 Å². The minimum absolute atomic E-state index is 0.0458. The molecule has 0 fully saturated rings. The number of halogens is 1. The molecule has 0 unspecified atom stereocenters. The number of amides is 1. The van der Waals surface area contributed by atoms with Gasteiger partial charge in [-0.25, -0.2) is 4.39 Å². The van der Waals surface area contributed by atoms with E-state index in [1.54, 1.807) is 20.2 Å². The molecule has 20 heavy (non-hydrogen) atoms. The number of hydrogen-bond acceptors (Lipinski definition) is 3. The Labute approximate surface area is 119 Å². The molecule has 0 heterocycles. The summed E-state index contributed by atoms with van der Waals surface area (Å²) >= 11 is 0. The van der Waals surface area contributed by atoms with Crippen LogP contribution in [0, 0.1) is 11.7 Å². The highest BCUT2D eigenvalue weighted by Gasteiger charge is 2.09. The molecule has 1 aromatic carbocycles. The first-order valence-corrected chi connectivity index (χ1v) is 6.72. The first-order chi connectivity index (χ1) is 9.40. The molecule has 0 saturated heterocycles. The summed E-state index contributed by atoms with van der Waals surface area (Å²) in [6.45, 7) is 5.52. The van der Waals surface area contributed by atoms with Crippen LogP contribution in [0.15, 0.2) is 18.2 Å². The lowest BCUT2D eigenvalue weighted by Crippen LogP contribution is -2.28. The fourth-order valence-electron chi connectivity index (χ4n) is 1.59. The van der Waals surface area contributed by atoms with E-state index in [-0.39, 0.29) is 18.3 Å². The second-order valence-electron chi connectivity index (χ2n) is 5.35. The third-order valence-corrected chi connectivity index (χ3v) is 2.74. The van der Waals surface area contributed by atoms with E-state index in [2.05, 4.69) is 19.2 Å². The Morgan fingerprint density at radius 2 is 2.10 bits per heavy atom. The number of ether oxygens (including phenoxy) is 1. The zero-order chi connectivity index (χ0) is 15.1. The SMILES string of the molecule is CC(C)CNCc1cc(F)ccc1OCC(=O)N(C)C. The maximum atomic E-state index is 13.3. The lowest BCUT2D eigenvalue weighted by Gasteiger charge is -2.15. The Morgan fingerprint density at radius 3 is 2.70 bits per heavy atom. The van der Waals surface area contributed by atoms with Crippen LogP contribution in [0.3, 0.4) is 0 Å². The van der Waals surface area contributed by atoms with E-state index >= 15 is 0 Å². The number of nitrogens with zero attached hydrogens (tertiary/aromatic N) is 1. The molecule has 0 aliphatic rings. The number of carbonyl (C=O) groups excluding carboxylic acids is 1. The van der Waals surface area contributed by atoms with Gasteiger partial charge in [-0.3, -0.25) is 4.79 Å². The molecule has 0 saturated carbocycles. The molecule has 0 radical (unpaired) electrons. The van der Waals surface area contributed by atoms with E-state index in [4.69, 9.17) is 4.74 Å². The fraction of sp³-hybridized carbons (Fsp3) is 0.533.